The van der Waals surface area contributed by atoms with Crippen LogP contribution in [0.4, 0.5) is 5.69 Å². The Morgan fingerprint density at radius 1 is 1.33 bits per heavy atom. The minimum atomic E-state index is 0.357. The summed E-state index contributed by atoms with van der Waals surface area (Å²) < 4.78 is 7.68. The van der Waals surface area contributed by atoms with E-state index in [4.69, 9.17) is 4.74 Å². The summed E-state index contributed by atoms with van der Waals surface area (Å²) in [7, 11) is 0. The molecule has 3 heterocycles. The van der Waals surface area contributed by atoms with Gasteiger partial charge in [0.25, 0.3) is 0 Å². The second-order valence-electron chi connectivity index (χ2n) is 6.35. The molecule has 0 aromatic carbocycles. The van der Waals surface area contributed by atoms with Gasteiger partial charge in [-0.05, 0) is 38.6 Å². The molecule has 0 amide bonds. The smallest absolute Gasteiger partial charge is 0.0771 e. The third-order valence-corrected chi connectivity index (χ3v) is 4.55. The molecule has 2 saturated heterocycles. The van der Waals surface area contributed by atoms with Gasteiger partial charge in [-0.3, -0.25) is 4.68 Å². The molecule has 0 spiro atoms. The van der Waals surface area contributed by atoms with Gasteiger partial charge in [-0.1, -0.05) is 6.92 Å². The highest BCUT2D eigenvalue weighted by Crippen LogP contribution is 2.18. The minimum Gasteiger partial charge on any atom is -0.380 e. The van der Waals surface area contributed by atoms with E-state index in [0.29, 0.717) is 12.1 Å². The van der Waals surface area contributed by atoms with Crippen molar-refractivity contribution < 1.29 is 4.74 Å². The highest BCUT2D eigenvalue weighted by Gasteiger charge is 2.19. The topological polar surface area (TPSA) is 42.3 Å². The second-order valence-corrected chi connectivity index (χ2v) is 6.35. The van der Waals surface area contributed by atoms with Crippen LogP contribution in [0.15, 0.2) is 12.4 Å². The molecule has 21 heavy (non-hydrogen) atoms. The number of nitrogens with one attached hydrogen (secondary N) is 1. The molecule has 2 aliphatic rings. The monoisotopic (exact) mass is 292 g/mol. The van der Waals surface area contributed by atoms with Crippen LogP contribution < -0.4 is 5.32 Å². The van der Waals surface area contributed by atoms with Gasteiger partial charge in [-0.25, -0.2) is 0 Å². The van der Waals surface area contributed by atoms with Crippen molar-refractivity contribution in [3.05, 3.63) is 12.4 Å². The zero-order valence-electron chi connectivity index (χ0n) is 13.1. The maximum absolute atomic E-state index is 5.66. The first-order valence-electron chi connectivity index (χ1n) is 8.46. The number of hydrogen-bond acceptors (Lipinski definition) is 4. The Hall–Kier alpha value is -1.07. The highest BCUT2D eigenvalue weighted by atomic mass is 16.5. The van der Waals surface area contributed by atoms with Crippen molar-refractivity contribution >= 4 is 5.69 Å². The Labute approximate surface area is 127 Å². The van der Waals surface area contributed by atoms with Crippen molar-refractivity contribution in [3.8, 4) is 0 Å². The molecule has 0 aliphatic carbocycles. The van der Waals surface area contributed by atoms with Gasteiger partial charge < -0.3 is 15.0 Å². The van der Waals surface area contributed by atoms with E-state index in [1.165, 1.54) is 51.7 Å². The Morgan fingerprint density at radius 3 is 2.90 bits per heavy atom. The standard InChI is InChI=1S/C16H28N4O/c1-2-7-19-8-5-14(6-9-19)18-15-11-17-20(12-15)13-16-4-3-10-21-16/h11-12,14,16,18H,2-10,13H2,1H3. The van der Waals surface area contributed by atoms with Crippen molar-refractivity contribution in [1.29, 1.82) is 0 Å². The van der Waals surface area contributed by atoms with Crippen molar-refractivity contribution in [2.24, 2.45) is 0 Å². The normalized spacial score (nSPS) is 24.5. The van der Waals surface area contributed by atoms with Gasteiger partial charge in [0.2, 0.25) is 0 Å². The number of anilines is 1. The number of hydrogen-bond donors (Lipinski definition) is 1. The predicted octanol–water partition coefficient (Wildman–Crippen LogP) is 2.35. The molecule has 1 atom stereocenters. The molecule has 0 radical (unpaired) electrons. The van der Waals surface area contributed by atoms with Gasteiger partial charge in [0.05, 0.1) is 24.5 Å². The fourth-order valence-electron chi connectivity index (χ4n) is 3.39. The molecule has 0 bridgehead atoms. The molecular formula is C16H28N4O. The summed E-state index contributed by atoms with van der Waals surface area (Å²) in [4.78, 5) is 2.57. The van der Waals surface area contributed by atoms with Crippen molar-refractivity contribution in [2.45, 2.75) is 57.7 Å². The molecule has 1 N–H and O–H groups in total. The summed E-state index contributed by atoms with van der Waals surface area (Å²) in [5.41, 5.74) is 1.15. The summed E-state index contributed by atoms with van der Waals surface area (Å²) in [6.45, 7) is 7.73. The quantitative estimate of drug-likeness (QED) is 0.874. The van der Waals surface area contributed by atoms with Crippen molar-refractivity contribution in [3.63, 3.8) is 0 Å². The van der Waals surface area contributed by atoms with Gasteiger partial charge >= 0.3 is 0 Å². The average molecular weight is 292 g/mol. The zero-order chi connectivity index (χ0) is 14.5. The first-order valence-corrected chi connectivity index (χ1v) is 8.46. The second kappa shape index (κ2) is 7.27. The van der Waals surface area contributed by atoms with Gasteiger partial charge in [0.15, 0.2) is 0 Å². The van der Waals surface area contributed by atoms with Crippen LogP contribution in [0.2, 0.25) is 0 Å². The number of rotatable bonds is 6. The predicted molar refractivity (Wildman–Crippen MR) is 84.6 cm³/mol. The molecule has 5 nitrogen and oxygen atoms in total. The Bertz CT molecular complexity index is 420. The van der Waals surface area contributed by atoms with Gasteiger partial charge in [-0.2, -0.15) is 5.10 Å². The Balaban J connectivity index is 1.44. The maximum Gasteiger partial charge on any atom is 0.0771 e. The molecule has 5 heteroatoms. The fraction of sp³-hybridized carbons (Fsp3) is 0.812. The first-order chi connectivity index (χ1) is 10.3. The molecular weight excluding hydrogens is 264 g/mol. The lowest BCUT2D eigenvalue weighted by Crippen LogP contribution is -2.39. The maximum atomic E-state index is 5.66. The molecule has 1 unspecified atom stereocenters. The molecule has 2 fully saturated rings. The molecule has 1 aromatic heterocycles. The first kappa shape index (κ1) is 14.9. The summed E-state index contributed by atoms with van der Waals surface area (Å²) in [6.07, 6.45) is 10.5. The van der Waals surface area contributed by atoms with Crippen LogP contribution in [0.5, 0.6) is 0 Å². The third kappa shape index (κ3) is 4.20. The lowest BCUT2D eigenvalue weighted by molar-refractivity contribution is 0.0940. The number of ether oxygens (including phenoxy) is 1. The minimum absolute atomic E-state index is 0.357. The van der Waals surface area contributed by atoms with Crippen LogP contribution in [0.1, 0.15) is 39.0 Å². The van der Waals surface area contributed by atoms with Crippen LogP contribution in [0, 0.1) is 0 Å². The summed E-state index contributed by atoms with van der Waals surface area (Å²) in [5, 5.41) is 8.09. The van der Waals surface area contributed by atoms with E-state index in [1.54, 1.807) is 0 Å². The average Bonchev–Trinajstić information content (AvgIpc) is 3.14. The van der Waals surface area contributed by atoms with E-state index in [9.17, 15) is 0 Å². The van der Waals surface area contributed by atoms with E-state index in [2.05, 4.69) is 28.4 Å². The van der Waals surface area contributed by atoms with Crippen molar-refractivity contribution in [2.75, 3.05) is 31.6 Å². The lowest BCUT2D eigenvalue weighted by Gasteiger charge is -2.32. The SMILES string of the molecule is CCCN1CCC(Nc2cnn(CC3CCCO3)c2)CC1. The number of aromatic nitrogens is 2. The van der Waals surface area contributed by atoms with Crippen LogP contribution in [-0.2, 0) is 11.3 Å². The third-order valence-electron chi connectivity index (χ3n) is 4.55. The molecule has 118 valence electrons. The van der Waals surface area contributed by atoms with Crippen LogP contribution in [-0.4, -0.2) is 53.1 Å². The highest BCUT2D eigenvalue weighted by molar-refractivity contribution is 5.39. The summed E-state index contributed by atoms with van der Waals surface area (Å²) >= 11 is 0. The zero-order valence-corrected chi connectivity index (χ0v) is 13.1. The summed E-state index contributed by atoms with van der Waals surface area (Å²) in [5.74, 6) is 0. The van der Waals surface area contributed by atoms with Crippen LogP contribution >= 0.6 is 0 Å². The van der Waals surface area contributed by atoms with E-state index in [-0.39, 0.29) is 0 Å². The van der Waals surface area contributed by atoms with Crippen LogP contribution in [0.3, 0.4) is 0 Å². The van der Waals surface area contributed by atoms with E-state index in [1.807, 2.05) is 10.9 Å². The molecule has 3 rings (SSSR count). The van der Waals surface area contributed by atoms with Crippen molar-refractivity contribution in [1.82, 2.24) is 14.7 Å². The van der Waals surface area contributed by atoms with Crippen LogP contribution in [0.25, 0.3) is 0 Å². The van der Waals surface area contributed by atoms with Gasteiger partial charge in [0, 0.05) is 31.9 Å². The number of nitrogens with zero attached hydrogens (tertiary/aromatic N) is 3. The lowest BCUT2D eigenvalue weighted by atomic mass is 10.0. The molecule has 1 aromatic rings. The largest absolute Gasteiger partial charge is 0.380 e. The van der Waals surface area contributed by atoms with E-state index >= 15 is 0 Å². The van der Waals surface area contributed by atoms with Gasteiger partial charge in [-0.15, -0.1) is 0 Å². The fourth-order valence-corrected chi connectivity index (χ4v) is 3.39. The Morgan fingerprint density at radius 2 is 2.19 bits per heavy atom. The van der Waals surface area contributed by atoms with Gasteiger partial charge in [0.1, 0.15) is 0 Å². The molecule has 0 saturated carbocycles. The van der Waals surface area contributed by atoms with E-state index in [0.717, 1.165) is 18.8 Å². The summed E-state index contributed by atoms with van der Waals surface area (Å²) in [6, 6.07) is 0.596. The number of likely N-dealkylation sites (tertiary alicyclic amines) is 1. The number of piperidine rings is 1. The van der Waals surface area contributed by atoms with E-state index < -0.39 is 0 Å². The Kier molecular flexibility index (Phi) is 5.14. The molecule has 2 aliphatic heterocycles.